The largest absolute Gasteiger partial charge is 0.479 e. The summed E-state index contributed by atoms with van der Waals surface area (Å²) in [5, 5.41) is 25.7. The van der Waals surface area contributed by atoms with E-state index in [4.69, 9.17) is 15.5 Å². The second-order valence-electron chi connectivity index (χ2n) is 2.71. The SMILES string of the molecule is N#Cc1cc(F)c(C(O)C(=O)O)cc1F. The summed E-state index contributed by atoms with van der Waals surface area (Å²) in [6.45, 7) is 0. The van der Waals surface area contributed by atoms with Crippen LogP contribution in [0.3, 0.4) is 0 Å². The molecule has 0 saturated heterocycles. The molecule has 15 heavy (non-hydrogen) atoms. The van der Waals surface area contributed by atoms with Gasteiger partial charge in [-0.3, -0.25) is 0 Å². The number of nitriles is 1. The van der Waals surface area contributed by atoms with E-state index >= 15 is 0 Å². The Hall–Kier alpha value is -2.00. The van der Waals surface area contributed by atoms with E-state index in [-0.39, 0.29) is 0 Å². The summed E-state index contributed by atoms with van der Waals surface area (Å²) < 4.78 is 26.0. The summed E-state index contributed by atoms with van der Waals surface area (Å²) in [6.07, 6.45) is -2.15. The van der Waals surface area contributed by atoms with Crippen molar-refractivity contribution >= 4 is 5.97 Å². The Kier molecular flexibility index (Phi) is 2.97. The van der Waals surface area contributed by atoms with Crippen LogP contribution in [0.5, 0.6) is 0 Å². The fourth-order valence-corrected chi connectivity index (χ4v) is 0.990. The Morgan fingerprint density at radius 1 is 1.40 bits per heavy atom. The van der Waals surface area contributed by atoms with Crippen molar-refractivity contribution in [3.63, 3.8) is 0 Å². The van der Waals surface area contributed by atoms with Gasteiger partial charge in [0.1, 0.15) is 17.7 Å². The summed E-state index contributed by atoms with van der Waals surface area (Å²) in [6, 6.07) is 2.42. The average Bonchev–Trinajstić information content (AvgIpc) is 2.19. The Morgan fingerprint density at radius 2 is 2.00 bits per heavy atom. The molecule has 78 valence electrons. The van der Waals surface area contributed by atoms with E-state index in [9.17, 15) is 13.6 Å². The number of carboxylic acid groups (broad SMARTS) is 1. The molecular formula is C9H5F2NO3. The monoisotopic (exact) mass is 213 g/mol. The van der Waals surface area contributed by atoms with E-state index in [1.807, 2.05) is 0 Å². The van der Waals surface area contributed by atoms with E-state index in [0.717, 1.165) is 0 Å². The highest BCUT2D eigenvalue weighted by atomic mass is 19.1. The van der Waals surface area contributed by atoms with Crippen LogP contribution in [0.4, 0.5) is 8.78 Å². The molecule has 0 heterocycles. The van der Waals surface area contributed by atoms with Crippen molar-refractivity contribution in [3.05, 3.63) is 34.9 Å². The number of hydrogen-bond acceptors (Lipinski definition) is 3. The molecule has 0 aliphatic rings. The number of aliphatic carboxylic acids is 1. The number of carbonyl (C=O) groups is 1. The van der Waals surface area contributed by atoms with Gasteiger partial charge in [0.15, 0.2) is 6.10 Å². The minimum Gasteiger partial charge on any atom is -0.479 e. The lowest BCUT2D eigenvalue weighted by Gasteiger charge is -2.07. The number of aliphatic hydroxyl groups is 1. The normalized spacial score (nSPS) is 11.9. The van der Waals surface area contributed by atoms with E-state index in [2.05, 4.69) is 0 Å². The fourth-order valence-electron chi connectivity index (χ4n) is 0.990. The lowest BCUT2D eigenvalue weighted by molar-refractivity contribution is -0.147. The van der Waals surface area contributed by atoms with Crippen LogP contribution in [0.15, 0.2) is 12.1 Å². The molecule has 4 nitrogen and oxygen atoms in total. The quantitative estimate of drug-likeness (QED) is 0.766. The predicted molar refractivity (Wildman–Crippen MR) is 43.7 cm³/mol. The lowest BCUT2D eigenvalue weighted by atomic mass is 10.1. The van der Waals surface area contributed by atoms with E-state index in [1.165, 1.54) is 6.07 Å². The smallest absolute Gasteiger partial charge is 0.337 e. The van der Waals surface area contributed by atoms with Gasteiger partial charge >= 0.3 is 5.97 Å². The zero-order chi connectivity index (χ0) is 11.6. The number of hydrogen-bond donors (Lipinski definition) is 2. The van der Waals surface area contributed by atoms with E-state index in [0.29, 0.717) is 12.1 Å². The van der Waals surface area contributed by atoms with Crippen LogP contribution in [0, 0.1) is 23.0 Å². The summed E-state index contributed by atoms with van der Waals surface area (Å²) in [4.78, 5) is 10.3. The number of nitrogens with zero attached hydrogens (tertiary/aromatic N) is 1. The molecule has 0 aromatic heterocycles. The second kappa shape index (κ2) is 4.02. The minimum absolute atomic E-state index is 0.493. The zero-order valence-electron chi connectivity index (χ0n) is 7.24. The number of halogens is 2. The standard InChI is InChI=1S/C9H5F2NO3/c10-6-2-5(8(13)9(14)15)7(11)1-4(6)3-12/h1-2,8,13H,(H,14,15). The maximum Gasteiger partial charge on any atom is 0.337 e. The van der Waals surface area contributed by atoms with Crippen molar-refractivity contribution in [1.82, 2.24) is 0 Å². The van der Waals surface area contributed by atoms with Gasteiger partial charge in [0, 0.05) is 5.56 Å². The Morgan fingerprint density at radius 3 is 2.47 bits per heavy atom. The van der Waals surface area contributed by atoms with Gasteiger partial charge in [0.2, 0.25) is 0 Å². The van der Waals surface area contributed by atoms with Gasteiger partial charge in [0.05, 0.1) is 5.56 Å². The van der Waals surface area contributed by atoms with Gasteiger partial charge < -0.3 is 10.2 Å². The zero-order valence-corrected chi connectivity index (χ0v) is 7.24. The molecule has 1 aromatic carbocycles. The number of carboxylic acids is 1. The molecule has 1 atom stereocenters. The van der Waals surface area contributed by atoms with Crippen LogP contribution in [-0.2, 0) is 4.79 Å². The Labute approximate surface area is 83.0 Å². The van der Waals surface area contributed by atoms with Crippen LogP contribution in [0.1, 0.15) is 17.2 Å². The third kappa shape index (κ3) is 2.08. The van der Waals surface area contributed by atoms with Crippen LogP contribution < -0.4 is 0 Å². The van der Waals surface area contributed by atoms with Gasteiger partial charge in [-0.15, -0.1) is 0 Å². The van der Waals surface area contributed by atoms with Crippen molar-refractivity contribution in [2.75, 3.05) is 0 Å². The third-order valence-electron chi connectivity index (χ3n) is 1.74. The average molecular weight is 213 g/mol. The number of aliphatic hydroxyl groups excluding tert-OH is 1. The molecule has 0 bridgehead atoms. The Bertz CT molecular complexity index is 453. The third-order valence-corrected chi connectivity index (χ3v) is 1.74. The highest BCUT2D eigenvalue weighted by Gasteiger charge is 2.22. The minimum atomic E-state index is -2.15. The summed E-state index contributed by atoms with van der Waals surface area (Å²) in [5.41, 5.74) is -1.26. The van der Waals surface area contributed by atoms with Gasteiger partial charge in [-0.2, -0.15) is 5.26 Å². The van der Waals surface area contributed by atoms with Crippen molar-refractivity contribution in [3.8, 4) is 6.07 Å². The highest BCUT2D eigenvalue weighted by Crippen LogP contribution is 2.20. The molecule has 0 spiro atoms. The fraction of sp³-hybridized carbons (Fsp3) is 0.111. The molecule has 0 aliphatic heterocycles. The molecule has 6 heteroatoms. The summed E-state index contributed by atoms with van der Waals surface area (Å²) >= 11 is 0. The molecule has 0 aliphatic carbocycles. The first kappa shape index (κ1) is 11.1. The van der Waals surface area contributed by atoms with Crippen LogP contribution in [0.2, 0.25) is 0 Å². The molecule has 0 amide bonds. The maximum atomic E-state index is 13.1. The van der Waals surface area contributed by atoms with Gasteiger partial charge in [-0.1, -0.05) is 0 Å². The van der Waals surface area contributed by atoms with Crippen molar-refractivity contribution in [2.24, 2.45) is 0 Å². The summed E-state index contributed by atoms with van der Waals surface area (Å²) in [5.74, 6) is -3.91. The van der Waals surface area contributed by atoms with Crippen LogP contribution in [-0.4, -0.2) is 16.2 Å². The highest BCUT2D eigenvalue weighted by molar-refractivity contribution is 5.74. The predicted octanol–water partition coefficient (Wildman–Crippen LogP) is 0.954. The van der Waals surface area contributed by atoms with Gasteiger partial charge in [0.25, 0.3) is 0 Å². The van der Waals surface area contributed by atoms with Gasteiger partial charge in [-0.05, 0) is 12.1 Å². The maximum absolute atomic E-state index is 13.1. The molecule has 1 aromatic rings. The molecule has 1 unspecified atom stereocenters. The summed E-state index contributed by atoms with van der Waals surface area (Å²) in [7, 11) is 0. The van der Waals surface area contributed by atoms with Crippen molar-refractivity contribution in [2.45, 2.75) is 6.10 Å². The first-order valence-corrected chi connectivity index (χ1v) is 3.77. The molecular weight excluding hydrogens is 208 g/mol. The molecule has 1 rings (SSSR count). The molecule has 2 N–H and O–H groups in total. The molecule has 0 saturated carbocycles. The molecule has 0 radical (unpaired) electrons. The van der Waals surface area contributed by atoms with E-state index in [1.54, 1.807) is 0 Å². The lowest BCUT2D eigenvalue weighted by Crippen LogP contribution is -2.13. The Balaban J connectivity index is 3.29. The van der Waals surface area contributed by atoms with E-state index < -0.39 is 34.8 Å². The van der Waals surface area contributed by atoms with Gasteiger partial charge in [-0.25, -0.2) is 13.6 Å². The van der Waals surface area contributed by atoms with Crippen molar-refractivity contribution < 1.29 is 23.8 Å². The number of rotatable bonds is 2. The molecule has 0 fully saturated rings. The topological polar surface area (TPSA) is 81.3 Å². The van der Waals surface area contributed by atoms with Crippen molar-refractivity contribution in [1.29, 1.82) is 5.26 Å². The number of benzene rings is 1. The first-order valence-electron chi connectivity index (χ1n) is 3.77. The first-order chi connectivity index (χ1) is 6.97. The van der Waals surface area contributed by atoms with Crippen LogP contribution in [0.25, 0.3) is 0 Å². The van der Waals surface area contributed by atoms with Crippen LogP contribution >= 0.6 is 0 Å². The second-order valence-corrected chi connectivity index (χ2v) is 2.71.